The number of aryl methyl sites for hydroxylation is 1. The molecule has 136 valence electrons. The fourth-order valence-corrected chi connectivity index (χ4v) is 2.84. The van der Waals surface area contributed by atoms with Crippen LogP contribution in [0.1, 0.15) is 52.3 Å². The third kappa shape index (κ3) is 5.78. The average Bonchev–Trinajstić information content (AvgIpc) is 3.26. The van der Waals surface area contributed by atoms with Crippen LogP contribution in [0.4, 0.5) is 0 Å². The van der Waals surface area contributed by atoms with Gasteiger partial charge in [-0.05, 0) is 26.2 Å². The number of rotatable bonds is 9. The van der Waals surface area contributed by atoms with E-state index in [0.717, 1.165) is 70.1 Å². The smallest absolute Gasteiger partial charge is 0.191 e. The van der Waals surface area contributed by atoms with E-state index >= 15 is 0 Å². The second kappa shape index (κ2) is 10.3. The van der Waals surface area contributed by atoms with Gasteiger partial charge in [-0.25, -0.2) is 0 Å². The highest BCUT2D eigenvalue weighted by Gasteiger charge is 2.22. The summed E-state index contributed by atoms with van der Waals surface area (Å²) in [5, 5.41) is 15.0. The van der Waals surface area contributed by atoms with Gasteiger partial charge in [0.05, 0.1) is 12.1 Å². The molecule has 2 rings (SSSR count). The third-order valence-corrected chi connectivity index (χ3v) is 4.33. The largest absolute Gasteiger partial charge is 0.376 e. The second-order valence-corrected chi connectivity index (χ2v) is 6.29. The summed E-state index contributed by atoms with van der Waals surface area (Å²) < 4.78 is 7.85. The van der Waals surface area contributed by atoms with Gasteiger partial charge in [-0.1, -0.05) is 20.3 Å². The van der Waals surface area contributed by atoms with Crippen LogP contribution >= 0.6 is 0 Å². The average molecular weight is 336 g/mol. The van der Waals surface area contributed by atoms with Crippen molar-refractivity contribution in [2.75, 3.05) is 19.7 Å². The molecule has 2 unspecified atom stereocenters. The van der Waals surface area contributed by atoms with Crippen LogP contribution in [0.2, 0.25) is 0 Å². The zero-order chi connectivity index (χ0) is 17.2. The van der Waals surface area contributed by atoms with Crippen molar-refractivity contribution in [1.29, 1.82) is 0 Å². The zero-order valence-corrected chi connectivity index (χ0v) is 15.3. The molecule has 0 saturated carbocycles. The van der Waals surface area contributed by atoms with Gasteiger partial charge in [-0.2, -0.15) is 0 Å². The number of guanidine groups is 1. The highest BCUT2D eigenvalue weighted by atomic mass is 16.5. The van der Waals surface area contributed by atoms with E-state index in [1.807, 2.05) is 0 Å². The predicted molar refractivity (Wildman–Crippen MR) is 96.2 cm³/mol. The molecule has 1 fully saturated rings. The minimum atomic E-state index is 0.265. The van der Waals surface area contributed by atoms with E-state index < -0.39 is 0 Å². The van der Waals surface area contributed by atoms with E-state index in [4.69, 9.17) is 4.74 Å². The number of nitrogens with one attached hydrogen (secondary N) is 2. The lowest BCUT2D eigenvalue weighted by Gasteiger charge is -2.23. The summed E-state index contributed by atoms with van der Waals surface area (Å²) in [6.07, 6.45) is 7.50. The van der Waals surface area contributed by atoms with Crippen LogP contribution in [-0.2, 0) is 17.7 Å². The van der Waals surface area contributed by atoms with E-state index in [1.54, 1.807) is 6.33 Å². The molecule has 24 heavy (non-hydrogen) atoms. The first-order valence-corrected chi connectivity index (χ1v) is 9.27. The molecule has 7 nitrogen and oxygen atoms in total. The van der Waals surface area contributed by atoms with E-state index in [0.29, 0.717) is 0 Å². The number of nitrogens with zero attached hydrogens (tertiary/aromatic N) is 4. The fourth-order valence-electron chi connectivity index (χ4n) is 2.84. The monoisotopic (exact) mass is 336 g/mol. The topological polar surface area (TPSA) is 76.4 Å². The van der Waals surface area contributed by atoms with E-state index in [-0.39, 0.29) is 12.1 Å². The first-order chi connectivity index (χ1) is 11.7. The Morgan fingerprint density at radius 3 is 3.08 bits per heavy atom. The third-order valence-electron chi connectivity index (χ3n) is 4.33. The van der Waals surface area contributed by atoms with Gasteiger partial charge in [-0.3, -0.25) is 4.99 Å². The van der Waals surface area contributed by atoms with E-state index in [9.17, 15) is 0 Å². The van der Waals surface area contributed by atoms with Crippen molar-refractivity contribution in [2.45, 2.75) is 71.6 Å². The lowest BCUT2D eigenvalue weighted by molar-refractivity contribution is 0.0890. The minimum absolute atomic E-state index is 0.265. The molecule has 7 heteroatoms. The fraction of sp³-hybridized carbons (Fsp3) is 0.824. The summed E-state index contributed by atoms with van der Waals surface area (Å²) in [5.74, 6) is 1.89. The molecule has 1 saturated heterocycles. The van der Waals surface area contributed by atoms with Gasteiger partial charge < -0.3 is 19.9 Å². The number of hydrogen-bond donors (Lipinski definition) is 2. The molecule has 0 bridgehead atoms. The number of ether oxygens (including phenoxy) is 1. The Balaban J connectivity index is 1.84. The summed E-state index contributed by atoms with van der Waals surface area (Å²) in [6, 6.07) is 0.265. The number of hydrogen-bond acceptors (Lipinski definition) is 4. The standard InChI is InChI=1S/C17H32N6O/c1-4-6-9-18-17(21-14(3)15-8-7-12-24-15)19-10-11-23-13-20-22-16(23)5-2/h13-15H,4-12H2,1-3H3,(H2,18,19,21). The van der Waals surface area contributed by atoms with Crippen LogP contribution in [0, 0.1) is 0 Å². The molecule has 0 aromatic carbocycles. The SMILES string of the molecule is CCCCN=C(NCCn1cnnc1CC)NC(C)C1CCCO1. The molecular weight excluding hydrogens is 304 g/mol. The van der Waals surface area contributed by atoms with Crippen molar-refractivity contribution < 1.29 is 4.74 Å². The number of aliphatic imine (C=N–C) groups is 1. The molecule has 1 aliphatic heterocycles. The molecule has 0 spiro atoms. The minimum Gasteiger partial charge on any atom is -0.376 e. The van der Waals surface area contributed by atoms with Gasteiger partial charge in [0.15, 0.2) is 5.96 Å². The van der Waals surface area contributed by atoms with Gasteiger partial charge in [-0.15, -0.1) is 10.2 Å². The molecule has 0 aliphatic carbocycles. The van der Waals surface area contributed by atoms with Crippen LogP contribution in [0.3, 0.4) is 0 Å². The van der Waals surface area contributed by atoms with Crippen LogP contribution in [0.15, 0.2) is 11.3 Å². The van der Waals surface area contributed by atoms with Crippen molar-refractivity contribution in [1.82, 2.24) is 25.4 Å². The van der Waals surface area contributed by atoms with E-state index in [2.05, 4.69) is 51.2 Å². The zero-order valence-electron chi connectivity index (χ0n) is 15.3. The van der Waals surface area contributed by atoms with Crippen molar-refractivity contribution in [3.63, 3.8) is 0 Å². The molecule has 2 atom stereocenters. The van der Waals surface area contributed by atoms with Crippen molar-refractivity contribution in [2.24, 2.45) is 4.99 Å². The Hall–Kier alpha value is -1.63. The number of unbranched alkanes of at least 4 members (excludes halogenated alkanes) is 1. The summed E-state index contributed by atoms with van der Waals surface area (Å²) in [4.78, 5) is 4.68. The molecular formula is C17H32N6O. The van der Waals surface area contributed by atoms with Gasteiger partial charge in [0.2, 0.25) is 0 Å². The molecule has 1 aromatic rings. The Morgan fingerprint density at radius 1 is 1.50 bits per heavy atom. The summed E-state index contributed by atoms with van der Waals surface area (Å²) in [7, 11) is 0. The molecule has 2 N–H and O–H groups in total. The van der Waals surface area contributed by atoms with Gasteiger partial charge in [0, 0.05) is 32.7 Å². The molecule has 0 amide bonds. The summed E-state index contributed by atoms with van der Waals surface area (Å²) >= 11 is 0. The Morgan fingerprint density at radius 2 is 2.38 bits per heavy atom. The van der Waals surface area contributed by atoms with Crippen LogP contribution in [-0.4, -0.2) is 52.6 Å². The maximum atomic E-state index is 5.77. The maximum Gasteiger partial charge on any atom is 0.191 e. The van der Waals surface area contributed by atoms with Crippen molar-refractivity contribution in [3.8, 4) is 0 Å². The first kappa shape index (κ1) is 18.7. The molecule has 1 aliphatic rings. The highest BCUT2D eigenvalue weighted by Crippen LogP contribution is 2.15. The Kier molecular flexibility index (Phi) is 8.01. The maximum absolute atomic E-state index is 5.77. The van der Waals surface area contributed by atoms with Gasteiger partial charge in [0.25, 0.3) is 0 Å². The first-order valence-electron chi connectivity index (χ1n) is 9.27. The second-order valence-electron chi connectivity index (χ2n) is 6.29. The number of aromatic nitrogens is 3. The summed E-state index contributed by atoms with van der Waals surface area (Å²) in [5.41, 5.74) is 0. The van der Waals surface area contributed by atoms with E-state index in [1.165, 1.54) is 0 Å². The molecule has 0 radical (unpaired) electrons. The van der Waals surface area contributed by atoms with Gasteiger partial charge >= 0.3 is 0 Å². The highest BCUT2D eigenvalue weighted by molar-refractivity contribution is 5.80. The van der Waals surface area contributed by atoms with Crippen molar-refractivity contribution in [3.05, 3.63) is 12.2 Å². The van der Waals surface area contributed by atoms with Crippen LogP contribution in [0.25, 0.3) is 0 Å². The Bertz CT molecular complexity index is 495. The van der Waals surface area contributed by atoms with Crippen LogP contribution in [0.5, 0.6) is 0 Å². The van der Waals surface area contributed by atoms with Gasteiger partial charge in [0.1, 0.15) is 12.2 Å². The quantitative estimate of drug-likeness (QED) is 0.408. The summed E-state index contributed by atoms with van der Waals surface area (Å²) in [6.45, 7) is 9.79. The predicted octanol–water partition coefficient (Wildman–Crippen LogP) is 1.74. The Labute approximate surface area is 145 Å². The molecule has 1 aromatic heterocycles. The lowest BCUT2D eigenvalue weighted by Crippen LogP contribution is -2.47. The normalized spacial score (nSPS) is 19.5. The van der Waals surface area contributed by atoms with Crippen LogP contribution < -0.4 is 10.6 Å². The van der Waals surface area contributed by atoms with Crippen molar-refractivity contribution >= 4 is 5.96 Å². The lowest BCUT2D eigenvalue weighted by atomic mass is 10.1. The molecule has 2 heterocycles.